The molecule has 1 unspecified atom stereocenters. The van der Waals surface area contributed by atoms with Crippen molar-refractivity contribution in [2.75, 3.05) is 0 Å². The first-order valence-corrected chi connectivity index (χ1v) is 7.21. The van der Waals surface area contributed by atoms with Gasteiger partial charge in [-0.3, -0.25) is 0 Å². The van der Waals surface area contributed by atoms with Crippen LogP contribution in [0.15, 0.2) is 42.5 Å². The number of aromatic nitrogens is 2. The van der Waals surface area contributed by atoms with Crippen LogP contribution in [0.1, 0.15) is 5.56 Å². The van der Waals surface area contributed by atoms with Gasteiger partial charge in [0.1, 0.15) is 11.5 Å². The number of nitrogens with zero attached hydrogens (tertiary/aromatic N) is 2. The van der Waals surface area contributed by atoms with Gasteiger partial charge in [-0.15, -0.1) is 10.2 Å². The Morgan fingerprint density at radius 3 is 2.32 bits per heavy atom. The number of alkyl halides is 2. The van der Waals surface area contributed by atoms with Crippen LogP contribution >= 0.6 is 20.8 Å². The molecule has 3 aromatic rings. The van der Waals surface area contributed by atoms with E-state index >= 15 is 0 Å². The topological polar surface area (TPSA) is 25.8 Å². The number of hydrogen-bond donors (Lipinski definition) is 0. The van der Waals surface area contributed by atoms with Crippen molar-refractivity contribution >= 4 is 31.6 Å². The highest BCUT2D eigenvalue weighted by Crippen LogP contribution is 2.36. The minimum atomic E-state index is -3.00. The molecule has 1 atom stereocenters. The fourth-order valence-electron chi connectivity index (χ4n) is 2.19. The highest BCUT2D eigenvalue weighted by molar-refractivity contribution is 7.17. The van der Waals surface area contributed by atoms with Gasteiger partial charge in [0.05, 0.1) is 5.39 Å². The monoisotopic (exact) mass is 340 g/mol. The van der Waals surface area contributed by atoms with E-state index in [-0.39, 0.29) is 16.1 Å². The fourth-order valence-corrected chi connectivity index (χ4v) is 2.61. The molecule has 0 radical (unpaired) electrons. The average molecular weight is 341 g/mol. The van der Waals surface area contributed by atoms with E-state index in [9.17, 15) is 13.2 Å². The summed E-state index contributed by atoms with van der Waals surface area (Å²) < 4.78 is 40.3. The number of fused-ring (bicyclic) bond motifs is 1. The molecule has 0 spiro atoms. The molecule has 2 aromatic carbocycles. The first-order chi connectivity index (χ1) is 10.4. The third-order valence-electron chi connectivity index (χ3n) is 3.26. The number of halogens is 4. The lowest BCUT2D eigenvalue weighted by molar-refractivity contribution is 0.104. The Kier molecular flexibility index (Phi) is 3.79. The summed E-state index contributed by atoms with van der Waals surface area (Å²) in [6.45, 7) is 0. The Morgan fingerprint density at radius 2 is 1.68 bits per heavy atom. The number of benzene rings is 2. The van der Waals surface area contributed by atoms with E-state index in [0.29, 0.717) is 16.6 Å². The van der Waals surface area contributed by atoms with Crippen molar-refractivity contribution in [2.24, 2.45) is 0 Å². The third-order valence-corrected chi connectivity index (χ3v) is 3.85. The van der Waals surface area contributed by atoms with Crippen molar-refractivity contribution < 1.29 is 13.2 Å². The number of rotatable bonds is 2. The Bertz CT molecular complexity index is 840. The van der Waals surface area contributed by atoms with E-state index in [0.717, 1.165) is 0 Å². The van der Waals surface area contributed by atoms with Crippen LogP contribution < -0.4 is 0 Å². The molecule has 0 saturated carbocycles. The van der Waals surface area contributed by atoms with Gasteiger partial charge in [0.2, 0.25) is 0 Å². The zero-order valence-corrected chi connectivity index (χ0v) is 12.9. The van der Waals surface area contributed by atoms with Crippen LogP contribution in [0, 0.1) is 5.82 Å². The Morgan fingerprint density at radius 1 is 1.00 bits per heavy atom. The maximum absolute atomic E-state index is 13.9. The largest absolute Gasteiger partial charge is 0.283 e. The molecule has 0 aliphatic heterocycles. The molecule has 112 valence electrons. The standard InChI is InChI=1S/C15H9ClF3N2P/c16-14-12-10(2-1-3-11(12)17)13(20-21-14)8-4-6-9(7-5-8)15(18,19)22/h1-7H,22H2. The van der Waals surface area contributed by atoms with Gasteiger partial charge in [-0.1, -0.05) is 57.2 Å². The zero-order valence-electron chi connectivity index (χ0n) is 11.0. The van der Waals surface area contributed by atoms with Gasteiger partial charge < -0.3 is 0 Å². The van der Waals surface area contributed by atoms with Crippen LogP contribution in [0.5, 0.6) is 0 Å². The van der Waals surface area contributed by atoms with Crippen molar-refractivity contribution in [3.8, 4) is 11.3 Å². The third kappa shape index (κ3) is 2.67. The molecule has 0 fully saturated rings. The van der Waals surface area contributed by atoms with Crippen LogP contribution in [0.4, 0.5) is 13.2 Å². The smallest absolute Gasteiger partial charge is 0.206 e. The van der Waals surface area contributed by atoms with Crippen LogP contribution in [0.25, 0.3) is 22.0 Å². The maximum Gasteiger partial charge on any atom is 0.283 e. The van der Waals surface area contributed by atoms with Crippen LogP contribution in [0.3, 0.4) is 0 Å². The highest BCUT2D eigenvalue weighted by Gasteiger charge is 2.24. The van der Waals surface area contributed by atoms with Crippen molar-refractivity contribution in [1.29, 1.82) is 0 Å². The van der Waals surface area contributed by atoms with E-state index in [1.807, 2.05) is 0 Å². The minimum absolute atomic E-state index is 0.0371. The molecule has 22 heavy (non-hydrogen) atoms. The van der Waals surface area contributed by atoms with Gasteiger partial charge in [-0.25, -0.2) is 4.39 Å². The minimum Gasteiger partial charge on any atom is -0.206 e. The molecular formula is C15H9ClF3N2P. The highest BCUT2D eigenvalue weighted by atomic mass is 35.5. The second-order valence-electron chi connectivity index (χ2n) is 4.70. The van der Waals surface area contributed by atoms with Crippen LogP contribution in [-0.2, 0) is 5.66 Å². The van der Waals surface area contributed by atoms with Gasteiger partial charge in [-0.2, -0.15) is 8.78 Å². The van der Waals surface area contributed by atoms with E-state index in [4.69, 9.17) is 11.6 Å². The molecule has 2 nitrogen and oxygen atoms in total. The van der Waals surface area contributed by atoms with E-state index in [1.165, 1.54) is 45.6 Å². The molecule has 0 aliphatic rings. The van der Waals surface area contributed by atoms with Crippen LogP contribution in [-0.4, -0.2) is 10.2 Å². The zero-order chi connectivity index (χ0) is 15.9. The summed E-state index contributed by atoms with van der Waals surface area (Å²) in [4.78, 5) is 0. The maximum atomic E-state index is 13.9. The van der Waals surface area contributed by atoms with E-state index in [1.54, 1.807) is 6.07 Å². The normalized spacial score (nSPS) is 11.9. The fraction of sp³-hybridized carbons (Fsp3) is 0.0667. The van der Waals surface area contributed by atoms with Gasteiger partial charge in [0.25, 0.3) is 5.66 Å². The lowest BCUT2D eigenvalue weighted by Crippen LogP contribution is -2.01. The molecule has 1 aromatic heterocycles. The first kappa shape index (κ1) is 15.2. The summed E-state index contributed by atoms with van der Waals surface area (Å²) in [5.41, 5.74) is -2.20. The lowest BCUT2D eigenvalue weighted by atomic mass is 10.0. The molecule has 3 rings (SSSR count). The summed E-state index contributed by atoms with van der Waals surface area (Å²) in [5.74, 6) is -0.508. The first-order valence-electron chi connectivity index (χ1n) is 6.26. The van der Waals surface area contributed by atoms with Gasteiger partial charge in [-0.05, 0) is 6.07 Å². The molecule has 0 aliphatic carbocycles. The molecule has 0 N–H and O–H groups in total. The Labute approximate surface area is 131 Å². The summed E-state index contributed by atoms with van der Waals surface area (Å²) in [7, 11) is 1.48. The summed E-state index contributed by atoms with van der Waals surface area (Å²) in [6, 6.07) is 10.0. The Hall–Kier alpha value is -1.71. The predicted octanol–water partition coefficient (Wildman–Crippen LogP) is 5.01. The summed E-state index contributed by atoms with van der Waals surface area (Å²) >= 11 is 5.89. The molecule has 0 saturated heterocycles. The van der Waals surface area contributed by atoms with Crippen molar-refractivity contribution in [2.45, 2.75) is 5.66 Å². The molecular weight excluding hydrogens is 332 g/mol. The van der Waals surface area contributed by atoms with E-state index < -0.39 is 11.5 Å². The van der Waals surface area contributed by atoms with Gasteiger partial charge >= 0.3 is 0 Å². The summed E-state index contributed by atoms with van der Waals surface area (Å²) in [6.07, 6.45) is 0. The lowest BCUT2D eigenvalue weighted by Gasteiger charge is -2.11. The van der Waals surface area contributed by atoms with Crippen molar-refractivity contribution in [3.63, 3.8) is 0 Å². The average Bonchev–Trinajstić information content (AvgIpc) is 2.47. The Balaban J connectivity index is 2.19. The van der Waals surface area contributed by atoms with Crippen molar-refractivity contribution in [1.82, 2.24) is 10.2 Å². The predicted molar refractivity (Wildman–Crippen MR) is 83.5 cm³/mol. The van der Waals surface area contributed by atoms with Gasteiger partial charge in [0.15, 0.2) is 5.15 Å². The summed E-state index contributed by atoms with van der Waals surface area (Å²) in [5, 5.41) is 8.31. The van der Waals surface area contributed by atoms with Gasteiger partial charge in [0, 0.05) is 16.5 Å². The molecule has 0 bridgehead atoms. The van der Waals surface area contributed by atoms with E-state index in [2.05, 4.69) is 10.2 Å². The number of hydrogen-bond acceptors (Lipinski definition) is 2. The molecule has 0 amide bonds. The molecule has 7 heteroatoms. The van der Waals surface area contributed by atoms with Crippen LogP contribution in [0.2, 0.25) is 5.15 Å². The second-order valence-corrected chi connectivity index (χ2v) is 5.79. The SMILES string of the molecule is Fc1cccc2c(-c3ccc(C(F)(F)P)cc3)nnc(Cl)c12. The molecule has 1 heterocycles. The second kappa shape index (κ2) is 5.49. The quantitative estimate of drug-likeness (QED) is 0.613. The van der Waals surface area contributed by atoms with Crippen molar-refractivity contribution in [3.05, 3.63) is 59.0 Å².